The Balaban J connectivity index is 1.97. The first-order chi connectivity index (χ1) is 12.5. The molecule has 1 aliphatic rings. The SMILES string of the molecule is COC1(CNC(=O)Nc2ccccc2C(F)(F)F)CCN(S(C)(=O)=O)CC1. The van der Waals surface area contributed by atoms with E-state index in [-0.39, 0.29) is 25.3 Å². The van der Waals surface area contributed by atoms with Crippen molar-refractivity contribution in [3.63, 3.8) is 0 Å². The molecule has 1 heterocycles. The van der Waals surface area contributed by atoms with Crippen molar-refractivity contribution in [2.75, 3.05) is 38.3 Å². The molecule has 0 saturated carbocycles. The smallest absolute Gasteiger partial charge is 0.376 e. The zero-order chi connectivity index (χ0) is 20.3. The molecular weight excluding hydrogens is 387 g/mol. The second-order valence-electron chi connectivity index (χ2n) is 6.40. The van der Waals surface area contributed by atoms with Gasteiger partial charge in [-0.3, -0.25) is 0 Å². The predicted octanol–water partition coefficient (Wildman–Crippen LogP) is 2.27. The van der Waals surface area contributed by atoms with Crippen LogP contribution in [0, 0.1) is 0 Å². The highest BCUT2D eigenvalue weighted by Crippen LogP contribution is 2.34. The third-order valence-corrected chi connectivity index (χ3v) is 5.89. The van der Waals surface area contributed by atoms with Crippen molar-refractivity contribution in [2.24, 2.45) is 0 Å². The van der Waals surface area contributed by atoms with Crippen LogP contribution in [0.5, 0.6) is 0 Å². The number of nitrogens with zero attached hydrogens (tertiary/aromatic N) is 1. The van der Waals surface area contributed by atoms with Crippen molar-refractivity contribution < 1.29 is 31.1 Å². The lowest BCUT2D eigenvalue weighted by atomic mass is 9.92. The maximum Gasteiger partial charge on any atom is 0.418 e. The first-order valence-electron chi connectivity index (χ1n) is 8.18. The molecule has 1 saturated heterocycles. The quantitative estimate of drug-likeness (QED) is 0.781. The Labute approximate surface area is 155 Å². The third-order valence-electron chi connectivity index (χ3n) is 4.59. The summed E-state index contributed by atoms with van der Waals surface area (Å²) in [5.74, 6) is 0. The average molecular weight is 409 g/mol. The molecule has 1 aliphatic heterocycles. The van der Waals surface area contributed by atoms with Crippen LogP contribution in [-0.2, 0) is 20.9 Å². The summed E-state index contributed by atoms with van der Waals surface area (Å²) in [5, 5.41) is 4.71. The van der Waals surface area contributed by atoms with Gasteiger partial charge in [0.25, 0.3) is 0 Å². The van der Waals surface area contributed by atoms with Crippen LogP contribution < -0.4 is 10.6 Å². The number of para-hydroxylation sites is 1. The Morgan fingerprint density at radius 2 is 1.85 bits per heavy atom. The minimum Gasteiger partial charge on any atom is -0.376 e. The maximum absolute atomic E-state index is 13.0. The van der Waals surface area contributed by atoms with Crippen molar-refractivity contribution in [3.05, 3.63) is 29.8 Å². The molecule has 0 unspecified atom stereocenters. The fraction of sp³-hybridized carbons (Fsp3) is 0.562. The lowest BCUT2D eigenvalue weighted by Gasteiger charge is -2.39. The standard InChI is InChI=1S/C16H22F3N3O4S/c1-26-15(7-9-22(10-8-15)27(2,24)25)11-20-14(23)21-13-6-4-3-5-12(13)16(17,18)19/h3-6H,7-11H2,1-2H3,(H2,20,21,23). The molecule has 0 aromatic heterocycles. The number of carbonyl (C=O) groups is 1. The first kappa shape index (κ1) is 21.5. The van der Waals surface area contributed by atoms with E-state index in [9.17, 15) is 26.4 Å². The molecule has 11 heteroatoms. The minimum absolute atomic E-state index is 0.0428. The molecule has 0 atom stereocenters. The number of sulfonamides is 1. The van der Waals surface area contributed by atoms with Gasteiger partial charge >= 0.3 is 12.2 Å². The molecule has 1 aromatic carbocycles. The second-order valence-corrected chi connectivity index (χ2v) is 8.38. The monoisotopic (exact) mass is 409 g/mol. The normalized spacial score (nSPS) is 18.1. The van der Waals surface area contributed by atoms with Gasteiger partial charge in [-0.1, -0.05) is 12.1 Å². The highest BCUT2D eigenvalue weighted by atomic mass is 32.2. The largest absolute Gasteiger partial charge is 0.418 e. The number of carbonyl (C=O) groups excluding carboxylic acids is 1. The van der Waals surface area contributed by atoms with Crippen LogP contribution in [0.15, 0.2) is 24.3 Å². The van der Waals surface area contributed by atoms with E-state index in [1.807, 2.05) is 0 Å². The Morgan fingerprint density at radius 1 is 1.26 bits per heavy atom. The van der Waals surface area contributed by atoms with Crippen LogP contribution in [-0.4, -0.2) is 57.4 Å². The first-order valence-corrected chi connectivity index (χ1v) is 10.0. The van der Waals surface area contributed by atoms with Crippen LogP contribution >= 0.6 is 0 Å². The molecule has 7 nitrogen and oxygen atoms in total. The van der Waals surface area contributed by atoms with Gasteiger partial charge < -0.3 is 15.4 Å². The number of alkyl halides is 3. The average Bonchev–Trinajstić information content (AvgIpc) is 2.59. The van der Waals surface area contributed by atoms with Crippen molar-refractivity contribution in [1.82, 2.24) is 9.62 Å². The van der Waals surface area contributed by atoms with Gasteiger partial charge in [-0.2, -0.15) is 13.2 Å². The fourth-order valence-corrected chi connectivity index (χ4v) is 3.77. The lowest BCUT2D eigenvalue weighted by Crippen LogP contribution is -2.53. The highest BCUT2D eigenvalue weighted by molar-refractivity contribution is 7.88. The number of rotatable bonds is 5. The van der Waals surface area contributed by atoms with E-state index in [0.717, 1.165) is 12.3 Å². The van der Waals surface area contributed by atoms with Gasteiger partial charge in [-0.15, -0.1) is 0 Å². The van der Waals surface area contributed by atoms with Crippen LogP contribution in [0.2, 0.25) is 0 Å². The van der Waals surface area contributed by atoms with E-state index >= 15 is 0 Å². The van der Waals surface area contributed by atoms with Crippen LogP contribution in [0.4, 0.5) is 23.7 Å². The Kier molecular flexibility index (Phi) is 6.38. The predicted molar refractivity (Wildman–Crippen MR) is 93.9 cm³/mol. The van der Waals surface area contributed by atoms with Crippen LogP contribution in [0.3, 0.4) is 0 Å². The van der Waals surface area contributed by atoms with E-state index in [2.05, 4.69) is 10.6 Å². The molecular formula is C16H22F3N3O4S. The molecule has 152 valence electrons. The van der Waals surface area contributed by atoms with Crippen molar-refractivity contribution in [3.8, 4) is 0 Å². The van der Waals surface area contributed by atoms with Gasteiger partial charge in [0.2, 0.25) is 10.0 Å². The summed E-state index contributed by atoms with van der Waals surface area (Å²) in [6.07, 6.45) is -2.75. The van der Waals surface area contributed by atoms with E-state index in [4.69, 9.17) is 4.74 Å². The molecule has 0 aliphatic carbocycles. The van der Waals surface area contributed by atoms with E-state index < -0.39 is 33.4 Å². The van der Waals surface area contributed by atoms with Gasteiger partial charge in [-0.25, -0.2) is 17.5 Å². The number of amides is 2. The van der Waals surface area contributed by atoms with Gasteiger partial charge in [0, 0.05) is 26.7 Å². The Bertz CT molecular complexity index is 775. The summed E-state index contributed by atoms with van der Waals surface area (Å²) < 4.78 is 68.9. The van der Waals surface area contributed by atoms with Gasteiger partial charge in [-0.05, 0) is 25.0 Å². The number of anilines is 1. The number of methoxy groups -OCH3 is 1. The Morgan fingerprint density at radius 3 is 2.37 bits per heavy atom. The van der Waals surface area contributed by atoms with E-state index in [1.54, 1.807) is 0 Å². The summed E-state index contributed by atoms with van der Waals surface area (Å²) in [7, 11) is -1.85. The molecule has 2 amide bonds. The summed E-state index contributed by atoms with van der Waals surface area (Å²) in [6.45, 7) is 0.529. The molecule has 0 radical (unpaired) electrons. The van der Waals surface area contributed by atoms with E-state index in [1.165, 1.54) is 29.6 Å². The molecule has 1 fully saturated rings. The minimum atomic E-state index is -4.59. The van der Waals surface area contributed by atoms with Crippen molar-refractivity contribution in [2.45, 2.75) is 24.6 Å². The second kappa shape index (κ2) is 8.03. The summed E-state index contributed by atoms with van der Waals surface area (Å²) in [4.78, 5) is 12.1. The molecule has 0 spiro atoms. The molecule has 0 bridgehead atoms. The number of ether oxygens (including phenoxy) is 1. The lowest BCUT2D eigenvalue weighted by molar-refractivity contribution is -0.136. The van der Waals surface area contributed by atoms with Gasteiger partial charge in [0.15, 0.2) is 0 Å². The number of urea groups is 1. The molecule has 2 rings (SSSR count). The fourth-order valence-electron chi connectivity index (χ4n) is 2.93. The van der Waals surface area contributed by atoms with Crippen molar-refractivity contribution in [1.29, 1.82) is 0 Å². The number of piperidine rings is 1. The summed E-state index contributed by atoms with van der Waals surface area (Å²) in [5.41, 5.74) is -2.06. The zero-order valence-corrected chi connectivity index (χ0v) is 15.8. The number of halogens is 3. The maximum atomic E-state index is 13.0. The molecule has 1 aromatic rings. The number of hydrogen-bond acceptors (Lipinski definition) is 4. The third kappa shape index (κ3) is 5.56. The number of benzene rings is 1. The molecule has 2 N–H and O–H groups in total. The number of hydrogen-bond donors (Lipinski definition) is 2. The van der Waals surface area contributed by atoms with Gasteiger partial charge in [0.05, 0.1) is 23.1 Å². The summed E-state index contributed by atoms with van der Waals surface area (Å²) >= 11 is 0. The van der Waals surface area contributed by atoms with Crippen LogP contribution in [0.25, 0.3) is 0 Å². The highest BCUT2D eigenvalue weighted by Gasteiger charge is 2.38. The zero-order valence-electron chi connectivity index (χ0n) is 15.0. The number of nitrogens with one attached hydrogen (secondary N) is 2. The van der Waals surface area contributed by atoms with E-state index in [0.29, 0.717) is 12.8 Å². The van der Waals surface area contributed by atoms with Crippen LogP contribution in [0.1, 0.15) is 18.4 Å². The topological polar surface area (TPSA) is 87.7 Å². The molecule has 27 heavy (non-hydrogen) atoms. The van der Waals surface area contributed by atoms with Gasteiger partial charge in [0.1, 0.15) is 0 Å². The van der Waals surface area contributed by atoms with Crippen molar-refractivity contribution >= 4 is 21.7 Å². The summed E-state index contributed by atoms with van der Waals surface area (Å²) in [6, 6.07) is 3.88. The Hall–Kier alpha value is -1.85.